The van der Waals surface area contributed by atoms with Crippen molar-refractivity contribution in [3.05, 3.63) is 24.5 Å². The normalized spacial score (nSPS) is 17.0. The Labute approximate surface area is 149 Å². The summed E-state index contributed by atoms with van der Waals surface area (Å²) in [6.07, 6.45) is 6.34. The maximum Gasteiger partial charge on any atom is 0.175 e. The van der Waals surface area contributed by atoms with Gasteiger partial charge in [0.2, 0.25) is 0 Å². The van der Waals surface area contributed by atoms with Crippen molar-refractivity contribution in [1.29, 1.82) is 0 Å². The van der Waals surface area contributed by atoms with Gasteiger partial charge >= 0.3 is 0 Å². The third-order valence-corrected chi connectivity index (χ3v) is 5.97. The van der Waals surface area contributed by atoms with Gasteiger partial charge in [0.05, 0.1) is 10.4 Å². The summed E-state index contributed by atoms with van der Waals surface area (Å²) >= 11 is 0. The lowest BCUT2D eigenvalue weighted by atomic mass is 9.99. The van der Waals surface area contributed by atoms with E-state index in [9.17, 15) is 8.42 Å². The van der Waals surface area contributed by atoms with Crippen LogP contribution in [0.4, 0.5) is 5.82 Å². The molecule has 2 heterocycles. The van der Waals surface area contributed by atoms with Gasteiger partial charge in [-0.1, -0.05) is 6.92 Å². The molecule has 136 valence electrons. The Morgan fingerprint density at radius 1 is 1.24 bits per heavy atom. The third kappa shape index (κ3) is 4.67. The third-order valence-electron chi connectivity index (χ3n) is 4.85. The molecular formula is C18H26N4O2S. The van der Waals surface area contributed by atoms with E-state index < -0.39 is 9.84 Å². The minimum absolute atomic E-state index is 0.292. The summed E-state index contributed by atoms with van der Waals surface area (Å²) in [5, 5.41) is 4.09. The Balaban J connectivity index is 1.63. The molecule has 0 spiro atoms. The SMILES string of the molecule is CC1CCN(CCCNc2ncnc3ccc(S(C)(=O)=O)cc23)CC1. The summed E-state index contributed by atoms with van der Waals surface area (Å²) in [6.45, 7) is 6.59. The van der Waals surface area contributed by atoms with Gasteiger partial charge in [0.25, 0.3) is 0 Å². The molecule has 1 aromatic heterocycles. The van der Waals surface area contributed by atoms with E-state index in [1.807, 2.05) is 0 Å². The standard InChI is InChI=1S/C18H26N4O2S/c1-14-6-10-22(11-7-14)9-3-8-19-18-16-12-15(25(2,23)24)4-5-17(16)20-13-21-18/h4-5,12-14H,3,6-11H2,1-2H3,(H,19,20,21). The van der Waals surface area contributed by atoms with Crippen molar-refractivity contribution in [2.24, 2.45) is 5.92 Å². The van der Waals surface area contributed by atoms with Gasteiger partial charge in [-0.3, -0.25) is 0 Å². The molecule has 0 bridgehead atoms. The number of piperidine rings is 1. The highest BCUT2D eigenvalue weighted by Gasteiger charge is 2.15. The molecule has 1 N–H and O–H groups in total. The van der Waals surface area contributed by atoms with Gasteiger partial charge in [0.15, 0.2) is 9.84 Å². The van der Waals surface area contributed by atoms with Crippen LogP contribution in [0.3, 0.4) is 0 Å². The summed E-state index contributed by atoms with van der Waals surface area (Å²) in [4.78, 5) is 11.3. The summed E-state index contributed by atoms with van der Waals surface area (Å²) < 4.78 is 23.6. The van der Waals surface area contributed by atoms with Crippen LogP contribution in [-0.2, 0) is 9.84 Å². The average molecular weight is 362 g/mol. The van der Waals surface area contributed by atoms with Crippen molar-refractivity contribution in [2.75, 3.05) is 37.8 Å². The fourth-order valence-electron chi connectivity index (χ4n) is 3.20. The highest BCUT2D eigenvalue weighted by atomic mass is 32.2. The van der Waals surface area contributed by atoms with Crippen molar-refractivity contribution < 1.29 is 8.42 Å². The molecule has 6 nitrogen and oxygen atoms in total. The zero-order chi connectivity index (χ0) is 17.9. The molecule has 2 aromatic rings. The molecule has 0 unspecified atom stereocenters. The molecule has 1 aromatic carbocycles. The Morgan fingerprint density at radius 2 is 2.00 bits per heavy atom. The first-order valence-corrected chi connectivity index (χ1v) is 10.7. The molecule has 0 atom stereocenters. The molecule has 7 heteroatoms. The summed E-state index contributed by atoms with van der Waals surface area (Å²) in [5.41, 5.74) is 0.745. The first-order chi connectivity index (χ1) is 11.9. The van der Waals surface area contributed by atoms with Crippen LogP contribution in [0.2, 0.25) is 0 Å². The number of anilines is 1. The Bertz CT molecular complexity index is 830. The van der Waals surface area contributed by atoms with Crippen molar-refractivity contribution in [3.8, 4) is 0 Å². The van der Waals surface area contributed by atoms with Crippen molar-refractivity contribution in [3.63, 3.8) is 0 Å². The predicted molar refractivity (Wildman–Crippen MR) is 101 cm³/mol. The number of likely N-dealkylation sites (tertiary alicyclic amines) is 1. The van der Waals surface area contributed by atoms with Crippen LogP contribution in [0.15, 0.2) is 29.4 Å². The molecule has 1 saturated heterocycles. The molecule has 0 aliphatic carbocycles. The molecule has 0 amide bonds. The summed E-state index contributed by atoms with van der Waals surface area (Å²) in [7, 11) is -3.25. The quantitative estimate of drug-likeness (QED) is 0.796. The van der Waals surface area contributed by atoms with Crippen LogP contribution < -0.4 is 5.32 Å². The summed E-state index contributed by atoms with van der Waals surface area (Å²) in [5.74, 6) is 1.55. The van der Waals surface area contributed by atoms with Gasteiger partial charge in [0, 0.05) is 18.2 Å². The van der Waals surface area contributed by atoms with Crippen molar-refractivity contribution >= 4 is 26.6 Å². The Hall–Kier alpha value is -1.73. The molecule has 25 heavy (non-hydrogen) atoms. The largest absolute Gasteiger partial charge is 0.369 e. The Kier molecular flexibility index (Phi) is 5.54. The zero-order valence-corrected chi connectivity index (χ0v) is 15.7. The van der Waals surface area contributed by atoms with Gasteiger partial charge in [-0.05, 0) is 63.0 Å². The lowest BCUT2D eigenvalue weighted by Gasteiger charge is -2.30. The highest BCUT2D eigenvalue weighted by molar-refractivity contribution is 7.90. The van der Waals surface area contributed by atoms with E-state index in [0.29, 0.717) is 10.7 Å². The van der Waals surface area contributed by atoms with Crippen molar-refractivity contribution in [2.45, 2.75) is 31.1 Å². The number of rotatable bonds is 6. The van der Waals surface area contributed by atoms with Gasteiger partial charge < -0.3 is 10.2 Å². The maximum atomic E-state index is 11.8. The fourth-order valence-corrected chi connectivity index (χ4v) is 3.85. The zero-order valence-electron chi connectivity index (χ0n) is 14.9. The van der Waals surface area contributed by atoms with E-state index in [4.69, 9.17) is 0 Å². The lowest BCUT2D eigenvalue weighted by Crippen LogP contribution is -2.34. The van der Waals surface area contributed by atoms with Crippen LogP contribution >= 0.6 is 0 Å². The van der Waals surface area contributed by atoms with Crippen LogP contribution in [0.1, 0.15) is 26.2 Å². The second-order valence-corrected chi connectivity index (χ2v) is 8.99. The number of benzene rings is 1. The monoisotopic (exact) mass is 362 g/mol. The maximum absolute atomic E-state index is 11.8. The Morgan fingerprint density at radius 3 is 2.72 bits per heavy atom. The number of fused-ring (bicyclic) bond motifs is 1. The van der Waals surface area contributed by atoms with Crippen LogP contribution in [0, 0.1) is 5.92 Å². The number of nitrogens with zero attached hydrogens (tertiary/aromatic N) is 3. The number of aromatic nitrogens is 2. The molecule has 0 saturated carbocycles. The van der Waals surface area contributed by atoms with E-state index in [1.165, 1.54) is 38.5 Å². The number of hydrogen-bond acceptors (Lipinski definition) is 6. The molecule has 0 radical (unpaired) electrons. The molecule has 1 fully saturated rings. The molecule has 3 rings (SSSR count). The van der Waals surface area contributed by atoms with Gasteiger partial charge in [-0.15, -0.1) is 0 Å². The second kappa shape index (κ2) is 7.66. The smallest absolute Gasteiger partial charge is 0.175 e. The van der Waals surface area contributed by atoms with E-state index in [0.717, 1.165) is 36.3 Å². The molecule has 1 aliphatic rings. The molecular weight excluding hydrogens is 336 g/mol. The van der Waals surface area contributed by atoms with E-state index in [-0.39, 0.29) is 0 Å². The van der Waals surface area contributed by atoms with Crippen molar-refractivity contribution in [1.82, 2.24) is 14.9 Å². The topological polar surface area (TPSA) is 75.2 Å². The molecule has 1 aliphatic heterocycles. The van der Waals surface area contributed by atoms with E-state index in [1.54, 1.807) is 18.2 Å². The summed E-state index contributed by atoms with van der Waals surface area (Å²) in [6, 6.07) is 4.97. The number of hydrogen-bond donors (Lipinski definition) is 1. The highest BCUT2D eigenvalue weighted by Crippen LogP contribution is 2.23. The minimum atomic E-state index is -3.25. The van der Waals surface area contributed by atoms with E-state index in [2.05, 4.69) is 27.1 Å². The van der Waals surface area contributed by atoms with Gasteiger partial charge in [-0.2, -0.15) is 0 Å². The van der Waals surface area contributed by atoms with Gasteiger partial charge in [-0.25, -0.2) is 18.4 Å². The first kappa shape index (κ1) is 18.1. The average Bonchev–Trinajstić information content (AvgIpc) is 2.59. The number of nitrogens with one attached hydrogen (secondary N) is 1. The minimum Gasteiger partial charge on any atom is -0.369 e. The lowest BCUT2D eigenvalue weighted by molar-refractivity contribution is 0.192. The fraction of sp³-hybridized carbons (Fsp3) is 0.556. The van der Waals surface area contributed by atoms with Crippen LogP contribution in [-0.4, -0.2) is 55.7 Å². The van der Waals surface area contributed by atoms with Gasteiger partial charge in [0.1, 0.15) is 12.1 Å². The van der Waals surface area contributed by atoms with Crippen LogP contribution in [0.5, 0.6) is 0 Å². The first-order valence-electron chi connectivity index (χ1n) is 8.84. The van der Waals surface area contributed by atoms with E-state index >= 15 is 0 Å². The van der Waals surface area contributed by atoms with Crippen LogP contribution in [0.25, 0.3) is 10.9 Å². The predicted octanol–water partition coefficient (Wildman–Crippen LogP) is 2.57. The number of sulfone groups is 1. The second-order valence-electron chi connectivity index (χ2n) is 6.98.